The molecule has 0 saturated heterocycles. The second-order valence-corrected chi connectivity index (χ2v) is 7.90. The molecule has 4 aromatic rings. The standard InChI is InChI=1S/C20H16N2OS2/c1-2-24-15-10-7-14(8-11-15)19(23)22-20-21-17-12-9-13-5-3-4-6-16(13)18(17)25-20/h3-12H,2H2,1H3,(H,21,22,23). The number of rotatable bonds is 4. The summed E-state index contributed by atoms with van der Waals surface area (Å²) in [5.74, 6) is 0.891. The van der Waals surface area contributed by atoms with Gasteiger partial charge in [-0.15, -0.1) is 11.8 Å². The Bertz CT molecular complexity index is 1050. The second kappa shape index (κ2) is 6.86. The summed E-state index contributed by atoms with van der Waals surface area (Å²) in [5.41, 5.74) is 1.55. The van der Waals surface area contributed by atoms with Crippen molar-refractivity contribution in [2.75, 3.05) is 11.1 Å². The Morgan fingerprint density at radius 3 is 2.68 bits per heavy atom. The van der Waals surface area contributed by atoms with Gasteiger partial charge < -0.3 is 0 Å². The average Bonchev–Trinajstić information content (AvgIpc) is 3.05. The van der Waals surface area contributed by atoms with Crippen molar-refractivity contribution in [3.8, 4) is 0 Å². The van der Waals surface area contributed by atoms with Crippen molar-refractivity contribution < 1.29 is 4.79 Å². The minimum absolute atomic E-state index is 0.128. The van der Waals surface area contributed by atoms with Gasteiger partial charge in [-0.3, -0.25) is 10.1 Å². The number of thioether (sulfide) groups is 1. The number of fused-ring (bicyclic) bond motifs is 3. The molecule has 3 aromatic carbocycles. The number of benzene rings is 3. The maximum atomic E-state index is 12.5. The number of nitrogens with one attached hydrogen (secondary N) is 1. The van der Waals surface area contributed by atoms with Crippen molar-refractivity contribution in [1.29, 1.82) is 0 Å². The Labute approximate surface area is 154 Å². The Hall–Kier alpha value is -2.37. The smallest absolute Gasteiger partial charge is 0.257 e. The van der Waals surface area contributed by atoms with Crippen LogP contribution in [0.4, 0.5) is 5.13 Å². The lowest BCUT2D eigenvalue weighted by molar-refractivity contribution is 0.102. The molecule has 5 heteroatoms. The zero-order valence-electron chi connectivity index (χ0n) is 13.7. The first-order valence-corrected chi connectivity index (χ1v) is 9.87. The highest BCUT2D eigenvalue weighted by Gasteiger charge is 2.11. The van der Waals surface area contributed by atoms with E-state index in [2.05, 4.69) is 35.4 Å². The summed E-state index contributed by atoms with van der Waals surface area (Å²) in [7, 11) is 0. The molecular formula is C20H16N2OS2. The zero-order valence-corrected chi connectivity index (χ0v) is 15.3. The maximum Gasteiger partial charge on any atom is 0.257 e. The number of thiazole rings is 1. The molecule has 0 saturated carbocycles. The predicted octanol–water partition coefficient (Wildman–Crippen LogP) is 5.81. The van der Waals surface area contributed by atoms with Gasteiger partial charge >= 0.3 is 0 Å². The Kier molecular flexibility index (Phi) is 4.42. The summed E-state index contributed by atoms with van der Waals surface area (Å²) >= 11 is 3.28. The van der Waals surface area contributed by atoms with Gasteiger partial charge in [0.25, 0.3) is 5.91 Å². The first-order chi connectivity index (χ1) is 12.2. The first kappa shape index (κ1) is 16.1. The van der Waals surface area contributed by atoms with E-state index in [9.17, 15) is 4.79 Å². The molecule has 1 heterocycles. The molecule has 0 unspecified atom stereocenters. The Morgan fingerprint density at radius 1 is 1.08 bits per heavy atom. The van der Waals surface area contributed by atoms with E-state index in [1.165, 1.54) is 27.0 Å². The average molecular weight is 364 g/mol. The minimum atomic E-state index is -0.128. The summed E-state index contributed by atoms with van der Waals surface area (Å²) in [6, 6.07) is 20.0. The van der Waals surface area contributed by atoms with E-state index in [0.717, 1.165) is 16.0 Å². The van der Waals surface area contributed by atoms with Gasteiger partial charge in [-0.2, -0.15) is 0 Å². The lowest BCUT2D eigenvalue weighted by Gasteiger charge is -2.03. The number of aromatic nitrogens is 1. The largest absolute Gasteiger partial charge is 0.298 e. The van der Waals surface area contributed by atoms with Crippen LogP contribution in [0.25, 0.3) is 21.0 Å². The highest BCUT2D eigenvalue weighted by molar-refractivity contribution is 7.99. The number of amides is 1. The molecule has 1 aromatic heterocycles. The first-order valence-electron chi connectivity index (χ1n) is 8.07. The molecule has 1 N–H and O–H groups in total. The van der Waals surface area contributed by atoms with Gasteiger partial charge in [-0.05, 0) is 41.5 Å². The van der Waals surface area contributed by atoms with Gasteiger partial charge in [0.05, 0.1) is 10.2 Å². The molecule has 0 aliphatic heterocycles. The quantitative estimate of drug-likeness (QED) is 0.464. The van der Waals surface area contributed by atoms with Gasteiger partial charge in [0.1, 0.15) is 0 Å². The van der Waals surface area contributed by atoms with Crippen molar-refractivity contribution in [2.45, 2.75) is 11.8 Å². The minimum Gasteiger partial charge on any atom is -0.298 e. The predicted molar refractivity (Wildman–Crippen MR) is 108 cm³/mol. The van der Waals surface area contributed by atoms with Gasteiger partial charge in [0, 0.05) is 15.8 Å². The SMILES string of the molecule is CCSc1ccc(C(=O)Nc2nc3ccc4ccccc4c3s2)cc1. The number of anilines is 1. The maximum absolute atomic E-state index is 12.5. The van der Waals surface area contributed by atoms with Crippen LogP contribution in [0.5, 0.6) is 0 Å². The number of carbonyl (C=O) groups excluding carboxylic acids is 1. The van der Waals surface area contributed by atoms with Crippen LogP contribution in [-0.4, -0.2) is 16.6 Å². The van der Waals surface area contributed by atoms with Crippen LogP contribution in [-0.2, 0) is 0 Å². The molecule has 0 atom stereocenters. The highest BCUT2D eigenvalue weighted by Crippen LogP contribution is 2.32. The molecule has 3 nitrogen and oxygen atoms in total. The summed E-state index contributed by atoms with van der Waals surface area (Å²) in [6.07, 6.45) is 0. The van der Waals surface area contributed by atoms with E-state index >= 15 is 0 Å². The van der Waals surface area contributed by atoms with Crippen LogP contribution in [0.3, 0.4) is 0 Å². The van der Waals surface area contributed by atoms with E-state index in [1.54, 1.807) is 11.8 Å². The third kappa shape index (κ3) is 3.25. The van der Waals surface area contributed by atoms with Gasteiger partial charge in [0.2, 0.25) is 0 Å². The molecule has 0 radical (unpaired) electrons. The monoisotopic (exact) mass is 364 g/mol. The van der Waals surface area contributed by atoms with Gasteiger partial charge in [-0.25, -0.2) is 4.98 Å². The van der Waals surface area contributed by atoms with Crippen molar-refractivity contribution in [1.82, 2.24) is 4.98 Å². The summed E-state index contributed by atoms with van der Waals surface area (Å²) in [6.45, 7) is 2.11. The Morgan fingerprint density at radius 2 is 1.88 bits per heavy atom. The fourth-order valence-corrected chi connectivity index (χ4v) is 4.40. The van der Waals surface area contributed by atoms with Crippen molar-refractivity contribution in [2.24, 2.45) is 0 Å². The third-order valence-electron chi connectivity index (χ3n) is 3.93. The van der Waals surface area contributed by atoms with Crippen molar-refractivity contribution in [3.05, 3.63) is 66.2 Å². The molecule has 1 amide bonds. The second-order valence-electron chi connectivity index (χ2n) is 5.57. The van der Waals surface area contributed by atoms with Crippen LogP contribution in [0.1, 0.15) is 17.3 Å². The lowest BCUT2D eigenvalue weighted by atomic mass is 10.1. The lowest BCUT2D eigenvalue weighted by Crippen LogP contribution is -2.11. The number of hydrogen-bond acceptors (Lipinski definition) is 4. The number of carbonyl (C=O) groups is 1. The molecule has 0 fully saturated rings. The summed E-state index contributed by atoms with van der Waals surface area (Å²) < 4.78 is 1.10. The van der Waals surface area contributed by atoms with E-state index in [0.29, 0.717) is 10.7 Å². The van der Waals surface area contributed by atoms with E-state index in [-0.39, 0.29) is 5.91 Å². The summed E-state index contributed by atoms with van der Waals surface area (Å²) in [5, 5.41) is 5.90. The van der Waals surface area contributed by atoms with Crippen LogP contribution in [0, 0.1) is 0 Å². The van der Waals surface area contributed by atoms with Crippen LogP contribution >= 0.6 is 23.1 Å². The van der Waals surface area contributed by atoms with Crippen molar-refractivity contribution >= 4 is 55.1 Å². The molecule has 25 heavy (non-hydrogen) atoms. The zero-order chi connectivity index (χ0) is 17.2. The summed E-state index contributed by atoms with van der Waals surface area (Å²) in [4.78, 5) is 18.2. The van der Waals surface area contributed by atoms with E-state index in [4.69, 9.17) is 0 Å². The topological polar surface area (TPSA) is 42.0 Å². The normalized spacial score (nSPS) is 11.1. The third-order valence-corrected chi connectivity index (χ3v) is 5.84. The Balaban J connectivity index is 1.61. The van der Waals surface area contributed by atoms with Crippen LogP contribution in [0.15, 0.2) is 65.6 Å². The molecule has 124 valence electrons. The molecule has 0 bridgehead atoms. The van der Waals surface area contributed by atoms with E-state index < -0.39 is 0 Å². The number of nitrogens with zero attached hydrogens (tertiary/aromatic N) is 1. The fraction of sp³-hybridized carbons (Fsp3) is 0.100. The molecule has 0 aliphatic carbocycles. The highest BCUT2D eigenvalue weighted by atomic mass is 32.2. The van der Waals surface area contributed by atoms with Crippen molar-refractivity contribution in [3.63, 3.8) is 0 Å². The van der Waals surface area contributed by atoms with Gasteiger partial charge in [0.15, 0.2) is 5.13 Å². The van der Waals surface area contributed by atoms with Crippen LogP contribution < -0.4 is 5.32 Å². The molecule has 0 aliphatic rings. The fourth-order valence-electron chi connectivity index (χ4n) is 2.75. The van der Waals surface area contributed by atoms with Crippen LogP contribution in [0.2, 0.25) is 0 Å². The van der Waals surface area contributed by atoms with Gasteiger partial charge in [-0.1, -0.05) is 48.6 Å². The molecule has 0 spiro atoms. The molecular weight excluding hydrogens is 348 g/mol. The van der Waals surface area contributed by atoms with E-state index in [1.807, 2.05) is 42.5 Å². The molecule has 4 rings (SSSR count). The number of hydrogen-bond donors (Lipinski definition) is 1.